The number of methoxy groups -OCH3 is 1. The van der Waals surface area contributed by atoms with Crippen LogP contribution in [0.25, 0.3) is 0 Å². The van der Waals surface area contributed by atoms with Gasteiger partial charge in [-0.3, -0.25) is 9.59 Å². The number of esters is 1. The molecular weight excluding hydrogens is 424 g/mol. The molecule has 2 atom stereocenters. The highest BCUT2D eigenvalue weighted by Gasteiger charge is 2.40. The van der Waals surface area contributed by atoms with Crippen LogP contribution in [0.3, 0.4) is 0 Å². The number of thioether (sulfide) groups is 1. The Morgan fingerprint density at radius 3 is 2.53 bits per heavy atom. The summed E-state index contributed by atoms with van der Waals surface area (Å²) in [6, 6.07) is 14.1. The first-order valence-electron chi connectivity index (χ1n) is 12.0. The number of nitrogens with zero attached hydrogens (tertiary/aromatic N) is 2. The van der Waals surface area contributed by atoms with Crippen molar-refractivity contribution in [3.63, 3.8) is 0 Å². The lowest BCUT2D eigenvalue weighted by Gasteiger charge is -2.28. The molecule has 1 amide bonds. The molecule has 0 aliphatic carbocycles. The van der Waals surface area contributed by atoms with Crippen molar-refractivity contribution in [2.24, 2.45) is 0 Å². The van der Waals surface area contributed by atoms with Gasteiger partial charge < -0.3 is 19.3 Å². The molecule has 1 aliphatic rings. The fraction of sp³-hybridized carbons (Fsp3) is 0.364. The fourth-order valence-electron chi connectivity index (χ4n) is 3.14. The van der Waals surface area contributed by atoms with Crippen molar-refractivity contribution in [1.82, 2.24) is 4.90 Å². The van der Waals surface area contributed by atoms with Crippen molar-refractivity contribution in [3.05, 3.63) is 54.1 Å². The normalized spacial score (nSPS) is 22.1. The number of anilines is 1. The van der Waals surface area contributed by atoms with E-state index in [0.717, 1.165) is 5.56 Å². The molecule has 2 aromatic rings. The van der Waals surface area contributed by atoms with Gasteiger partial charge in [-0.1, -0.05) is 24.3 Å². The van der Waals surface area contributed by atoms with Gasteiger partial charge in [0, 0.05) is 33.1 Å². The maximum Gasteiger partial charge on any atom is 0.303 e. The topological polar surface area (TPSA) is 59.1 Å². The predicted octanol–water partition coefficient (Wildman–Crippen LogP) is 3.79. The summed E-state index contributed by atoms with van der Waals surface area (Å²) in [5.74, 6) is -0.603. The van der Waals surface area contributed by atoms with Gasteiger partial charge in [-0.15, -0.1) is 24.2 Å². The Hall–Kier alpha value is -2.22. The molecule has 0 radical (unpaired) electrons. The molecule has 2 unspecified atom stereocenters. The minimum atomic E-state index is -2.89. The third-order valence-electron chi connectivity index (χ3n) is 4.48. The van der Waals surface area contributed by atoms with Gasteiger partial charge in [-0.05, 0) is 43.8 Å². The lowest BCUT2D eigenvalue weighted by Crippen LogP contribution is -2.45. The number of rotatable bonds is 6. The summed E-state index contributed by atoms with van der Waals surface area (Å²) in [6.45, 7) is -5.26. The van der Waals surface area contributed by atoms with E-state index >= 15 is 0 Å². The van der Waals surface area contributed by atoms with Crippen molar-refractivity contribution in [2.45, 2.75) is 23.2 Å². The Balaban J connectivity index is 0.00000456. The number of hydrogen-bond acceptors (Lipinski definition) is 6. The average Bonchev–Trinajstić information content (AvgIpc) is 2.87. The number of likely N-dealkylation sites (N-methyl/N-ethyl adjacent to an activating group) is 1. The average molecular weight is 457 g/mol. The lowest BCUT2D eigenvalue weighted by molar-refractivity contribution is -0.152. The first kappa shape index (κ1) is 16.5. The smallest absolute Gasteiger partial charge is 0.303 e. The molecule has 0 N–H and O–H groups in total. The van der Waals surface area contributed by atoms with Crippen molar-refractivity contribution in [2.75, 3.05) is 39.1 Å². The second kappa shape index (κ2) is 10.7. The molecule has 6 nitrogen and oxygen atoms in total. The summed E-state index contributed by atoms with van der Waals surface area (Å²) in [5, 5.41) is -0.607. The minimum absolute atomic E-state index is 0. The number of hydrogen-bond donors (Lipinski definition) is 0. The highest BCUT2D eigenvalue weighted by molar-refractivity contribution is 7.99. The number of halogens is 1. The van der Waals surface area contributed by atoms with Crippen LogP contribution in [0, 0.1) is 0 Å². The minimum Gasteiger partial charge on any atom is -0.497 e. The van der Waals surface area contributed by atoms with E-state index in [2.05, 4.69) is 0 Å². The SMILES string of the molecule is Cl.[2H]C([2H])([2H])N(CCN1C(=O)C(OC(C)=O)C(c2ccc(OC)cc2)Sc2ccccc21)C([2H])([2H])[2H]. The third-order valence-corrected chi connectivity index (χ3v) is 5.85. The Morgan fingerprint density at radius 1 is 1.20 bits per heavy atom. The molecule has 0 spiro atoms. The zero-order valence-corrected chi connectivity index (χ0v) is 18.2. The zero-order chi connectivity index (χ0) is 26.0. The molecule has 1 heterocycles. The van der Waals surface area contributed by atoms with E-state index in [1.54, 1.807) is 48.5 Å². The van der Waals surface area contributed by atoms with Gasteiger partial charge in [0.05, 0.1) is 18.0 Å². The summed E-state index contributed by atoms with van der Waals surface area (Å²) in [5.41, 5.74) is 1.20. The van der Waals surface area contributed by atoms with Crippen molar-refractivity contribution in [3.8, 4) is 5.75 Å². The maximum atomic E-state index is 13.8. The lowest BCUT2D eigenvalue weighted by atomic mass is 10.1. The Bertz CT molecular complexity index is 1050. The Kier molecular flexibility index (Phi) is 5.88. The van der Waals surface area contributed by atoms with E-state index in [1.807, 2.05) is 0 Å². The Labute approximate surface area is 196 Å². The molecule has 162 valence electrons. The van der Waals surface area contributed by atoms with Crippen LogP contribution in [0.2, 0.25) is 0 Å². The number of carbonyl (C=O) groups is 2. The fourth-order valence-corrected chi connectivity index (χ4v) is 4.46. The summed E-state index contributed by atoms with van der Waals surface area (Å²) in [6.07, 6.45) is -1.23. The summed E-state index contributed by atoms with van der Waals surface area (Å²) < 4.78 is 56.4. The van der Waals surface area contributed by atoms with E-state index < -0.39 is 43.7 Å². The molecule has 0 saturated heterocycles. The molecule has 0 fully saturated rings. The van der Waals surface area contributed by atoms with E-state index in [0.29, 0.717) is 21.2 Å². The van der Waals surface area contributed by atoms with Gasteiger partial charge in [0.25, 0.3) is 5.91 Å². The van der Waals surface area contributed by atoms with Crippen LogP contribution in [0.1, 0.15) is 26.0 Å². The van der Waals surface area contributed by atoms with E-state index in [4.69, 9.17) is 17.7 Å². The molecule has 0 aromatic heterocycles. The standard InChI is InChI=1S/C22H26N2O4S.ClH/c1-15(25)28-20-21(16-9-11-17(27-4)12-10-16)29-19-8-6-5-7-18(19)24(22(20)26)14-13-23(2)3;/h5-12,20-21H,13-14H2,1-4H3;1H/i2D3,3D3;. The van der Waals surface area contributed by atoms with Crippen LogP contribution in [-0.4, -0.2) is 57.0 Å². The van der Waals surface area contributed by atoms with Gasteiger partial charge in [0.1, 0.15) is 5.75 Å². The zero-order valence-electron chi connectivity index (χ0n) is 22.5. The number of ether oxygens (including phenoxy) is 2. The second-order valence-electron chi connectivity index (χ2n) is 6.45. The number of carbonyl (C=O) groups excluding carboxylic acids is 2. The van der Waals surface area contributed by atoms with Gasteiger partial charge in [-0.25, -0.2) is 0 Å². The van der Waals surface area contributed by atoms with Crippen molar-refractivity contribution < 1.29 is 27.3 Å². The van der Waals surface area contributed by atoms with Gasteiger partial charge in [-0.2, -0.15) is 0 Å². The van der Waals surface area contributed by atoms with Crippen LogP contribution in [-0.2, 0) is 14.3 Å². The van der Waals surface area contributed by atoms with Gasteiger partial charge in [0.15, 0.2) is 6.10 Å². The summed E-state index contributed by atoms with van der Waals surface area (Å²) >= 11 is 1.33. The van der Waals surface area contributed by atoms with Crippen molar-refractivity contribution in [1.29, 1.82) is 0 Å². The number of para-hydroxylation sites is 1. The van der Waals surface area contributed by atoms with Crippen LogP contribution < -0.4 is 9.64 Å². The maximum absolute atomic E-state index is 13.8. The van der Waals surface area contributed by atoms with Gasteiger partial charge >= 0.3 is 5.97 Å². The highest BCUT2D eigenvalue weighted by Crippen LogP contribution is 2.46. The molecule has 30 heavy (non-hydrogen) atoms. The van der Waals surface area contributed by atoms with Crippen molar-refractivity contribution >= 4 is 41.7 Å². The van der Waals surface area contributed by atoms with Crippen LogP contribution in [0.15, 0.2) is 53.4 Å². The highest BCUT2D eigenvalue weighted by atomic mass is 35.5. The molecule has 8 heteroatoms. The first-order valence-corrected chi connectivity index (χ1v) is 9.87. The number of fused-ring (bicyclic) bond motifs is 1. The first-order chi connectivity index (χ1) is 16.3. The summed E-state index contributed by atoms with van der Waals surface area (Å²) in [7, 11) is 1.54. The van der Waals surface area contributed by atoms with E-state index in [9.17, 15) is 9.59 Å². The quantitative estimate of drug-likeness (QED) is 0.616. The van der Waals surface area contributed by atoms with E-state index in [-0.39, 0.29) is 19.0 Å². The van der Waals surface area contributed by atoms with E-state index in [1.165, 1.54) is 30.7 Å². The molecule has 0 bridgehead atoms. The number of amides is 1. The van der Waals surface area contributed by atoms with Gasteiger partial charge in [0.2, 0.25) is 0 Å². The number of benzene rings is 2. The molecule has 3 rings (SSSR count). The largest absolute Gasteiger partial charge is 0.497 e. The molecular formula is C22H27ClN2O4S. The molecule has 0 saturated carbocycles. The van der Waals surface area contributed by atoms with Crippen LogP contribution >= 0.6 is 24.2 Å². The Morgan fingerprint density at radius 2 is 1.90 bits per heavy atom. The second-order valence-corrected chi connectivity index (χ2v) is 7.63. The van der Waals surface area contributed by atoms with Crippen LogP contribution in [0.5, 0.6) is 5.75 Å². The molecule has 1 aliphatic heterocycles. The monoisotopic (exact) mass is 456 g/mol. The van der Waals surface area contributed by atoms with Crippen LogP contribution in [0.4, 0.5) is 5.69 Å². The third kappa shape index (κ3) is 5.47. The summed E-state index contributed by atoms with van der Waals surface area (Å²) in [4.78, 5) is 28.1. The predicted molar refractivity (Wildman–Crippen MR) is 122 cm³/mol. The molecule has 2 aromatic carbocycles.